The maximum Gasteiger partial charge on any atom is 0.267 e. The molecule has 1 heterocycles. The molecule has 1 rings (SSSR count). The van der Waals surface area contributed by atoms with Crippen molar-refractivity contribution < 1.29 is 14.4 Å². The molecule has 0 aromatic rings. The highest BCUT2D eigenvalue weighted by molar-refractivity contribution is 6.42. The number of amides is 1. The van der Waals surface area contributed by atoms with Crippen LogP contribution in [-0.2, 0) is 14.4 Å². The van der Waals surface area contributed by atoms with Crippen molar-refractivity contribution in [1.82, 2.24) is 5.32 Å². The van der Waals surface area contributed by atoms with Crippen LogP contribution < -0.4 is 5.32 Å². The molecule has 0 spiro atoms. The van der Waals surface area contributed by atoms with Crippen molar-refractivity contribution in [3.63, 3.8) is 0 Å². The van der Waals surface area contributed by atoms with Crippen molar-refractivity contribution in [3.05, 3.63) is 0 Å². The molecule has 70 valence electrons. The van der Waals surface area contributed by atoms with Crippen molar-refractivity contribution in [2.75, 3.05) is 0 Å². The lowest BCUT2D eigenvalue weighted by molar-refractivity contribution is -0.135. The van der Waals surface area contributed by atoms with Gasteiger partial charge in [0.1, 0.15) is 5.71 Å². The summed E-state index contributed by atoms with van der Waals surface area (Å²) in [7, 11) is 0. The molecule has 5 nitrogen and oxygen atoms in total. The maximum atomic E-state index is 11.2. The highest BCUT2D eigenvalue weighted by atomic mass is 16.2. The summed E-state index contributed by atoms with van der Waals surface area (Å²) in [6.07, 6.45) is 0. The van der Waals surface area contributed by atoms with Gasteiger partial charge in [-0.1, -0.05) is 0 Å². The molecule has 0 bridgehead atoms. The Morgan fingerprint density at radius 1 is 1.31 bits per heavy atom. The van der Waals surface area contributed by atoms with Gasteiger partial charge in [0, 0.05) is 0 Å². The summed E-state index contributed by atoms with van der Waals surface area (Å²) in [5.74, 6) is -1.40. The van der Waals surface area contributed by atoms with Crippen LogP contribution in [0.3, 0.4) is 0 Å². The van der Waals surface area contributed by atoms with E-state index in [1.54, 1.807) is 0 Å². The number of ketones is 2. The summed E-state index contributed by atoms with van der Waals surface area (Å²) >= 11 is 0. The molecule has 5 heteroatoms. The van der Waals surface area contributed by atoms with Gasteiger partial charge in [0.15, 0.2) is 11.6 Å². The second-order valence-corrected chi connectivity index (χ2v) is 2.97. The first-order valence-corrected chi connectivity index (χ1v) is 3.81. The van der Waals surface area contributed by atoms with Gasteiger partial charge in [-0.3, -0.25) is 14.4 Å². The van der Waals surface area contributed by atoms with Crippen molar-refractivity contribution >= 4 is 23.2 Å². The molecule has 1 amide bonds. The SMILES string of the molecule is CC(=O)C1(C(C)=O)N=C(C)C(=O)N1. The third-order valence-electron chi connectivity index (χ3n) is 1.98. The molecule has 0 fully saturated rings. The normalized spacial score (nSPS) is 19.3. The average Bonchev–Trinajstić information content (AvgIpc) is 2.29. The fourth-order valence-corrected chi connectivity index (χ4v) is 1.17. The van der Waals surface area contributed by atoms with Crippen molar-refractivity contribution in [2.45, 2.75) is 26.4 Å². The maximum absolute atomic E-state index is 11.2. The number of nitrogens with one attached hydrogen (secondary N) is 1. The van der Waals surface area contributed by atoms with Crippen molar-refractivity contribution in [2.24, 2.45) is 4.99 Å². The summed E-state index contributed by atoms with van der Waals surface area (Å²) in [6.45, 7) is 3.91. The number of hydrogen-bond donors (Lipinski definition) is 1. The Morgan fingerprint density at radius 3 is 1.92 bits per heavy atom. The minimum absolute atomic E-state index is 0.158. The summed E-state index contributed by atoms with van der Waals surface area (Å²) in [4.78, 5) is 37.1. The Bertz CT molecular complexity index is 316. The molecule has 0 unspecified atom stereocenters. The summed E-state index contributed by atoms with van der Waals surface area (Å²) < 4.78 is 0. The van der Waals surface area contributed by atoms with Crippen molar-refractivity contribution in [3.8, 4) is 0 Å². The van der Waals surface area contributed by atoms with Gasteiger partial charge in [0.2, 0.25) is 5.66 Å². The van der Waals surface area contributed by atoms with Crippen LogP contribution in [-0.4, -0.2) is 28.8 Å². The van der Waals surface area contributed by atoms with E-state index in [1.165, 1.54) is 20.8 Å². The summed E-state index contributed by atoms with van der Waals surface area (Å²) in [6, 6.07) is 0. The summed E-state index contributed by atoms with van der Waals surface area (Å²) in [5, 5.41) is 2.27. The molecule has 13 heavy (non-hydrogen) atoms. The number of carbonyl (C=O) groups excluding carboxylic acids is 3. The molecule has 1 aliphatic rings. The summed E-state index contributed by atoms with van der Waals surface area (Å²) in [5.41, 5.74) is -1.49. The predicted molar refractivity (Wildman–Crippen MR) is 45.3 cm³/mol. The number of Topliss-reactive ketones (excluding diaryl/α,β-unsaturated/α-hetero) is 2. The number of nitrogens with zero attached hydrogens (tertiary/aromatic N) is 1. The molecule has 0 aromatic heterocycles. The number of aliphatic imine (C=N–C) groups is 1. The lowest BCUT2D eigenvalue weighted by Gasteiger charge is -2.18. The van der Waals surface area contributed by atoms with Crippen LogP contribution in [0.25, 0.3) is 0 Å². The van der Waals surface area contributed by atoms with Crippen LogP contribution in [0, 0.1) is 0 Å². The fraction of sp³-hybridized carbons (Fsp3) is 0.500. The van der Waals surface area contributed by atoms with Crippen LogP contribution in [0.4, 0.5) is 0 Å². The topological polar surface area (TPSA) is 75.6 Å². The Balaban J connectivity index is 3.19. The molecule has 0 aromatic carbocycles. The lowest BCUT2D eigenvalue weighted by atomic mass is 10.0. The first kappa shape index (κ1) is 9.57. The van der Waals surface area contributed by atoms with E-state index >= 15 is 0 Å². The molecule has 0 saturated heterocycles. The lowest BCUT2D eigenvalue weighted by Crippen LogP contribution is -2.53. The number of hydrogen-bond acceptors (Lipinski definition) is 4. The third kappa shape index (κ3) is 1.26. The van der Waals surface area contributed by atoms with Crippen LogP contribution in [0.2, 0.25) is 0 Å². The van der Waals surface area contributed by atoms with Gasteiger partial charge in [-0.05, 0) is 20.8 Å². The second-order valence-electron chi connectivity index (χ2n) is 2.97. The van der Waals surface area contributed by atoms with Crippen LogP contribution in [0.15, 0.2) is 4.99 Å². The quantitative estimate of drug-likeness (QED) is 0.582. The van der Waals surface area contributed by atoms with E-state index in [2.05, 4.69) is 10.3 Å². The van der Waals surface area contributed by atoms with Gasteiger partial charge in [-0.15, -0.1) is 0 Å². The van der Waals surface area contributed by atoms with Gasteiger partial charge in [0.25, 0.3) is 5.91 Å². The molecular formula is C8H10N2O3. The van der Waals surface area contributed by atoms with Gasteiger partial charge in [-0.25, -0.2) is 4.99 Å². The van der Waals surface area contributed by atoms with E-state index in [0.29, 0.717) is 0 Å². The number of rotatable bonds is 2. The van der Waals surface area contributed by atoms with Crippen molar-refractivity contribution in [1.29, 1.82) is 0 Å². The van der Waals surface area contributed by atoms with Gasteiger partial charge in [-0.2, -0.15) is 0 Å². The molecule has 1 aliphatic heterocycles. The molecule has 0 saturated carbocycles. The Hall–Kier alpha value is -1.52. The minimum atomic E-state index is -1.65. The van der Waals surface area contributed by atoms with Crippen LogP contribution >= 0.6 is 0 Å². The molecule has 0 atom stereocenters. The van der Waals surface area contributed by atoms with E-state index < -0.39 is 23.1 Å². The Labute approximate surface area is 75.2 Å². The zero-order valence-corrected chi connectivity index (χ0v) is 7.67. The smallest absolute Gasteiger partial charge is 0.267 e. The largest absolute Gasteiger partial charge is 0.314 e. The molecular weight excluding hydrogens is 172 g/mol. The third-order valence-corrected chi connectivity index (χ3v) is 1.98. The highest BCUT2D eigenvalue weighted by Gasteiger charge is 2.46. The van der Waals surface area contributed by atoms with E-state index in [1.807, 2.05) is 0 Å². The predicted octanol–water partition coefficient (Wildman–Crippen LogP) is -0.549. The van der Waals surface area contributed by atoms with Gasteiger partial charge in [0.05, 0.1) is 0 Å². The van der Waals surface area contributed by atoms with Gasteiger partial charge < -0.3 is 5.32 Å². The average molecular weight is 182 g/mol. The minimum Gasteiger partial charge on any atom is -0.314 e. The van der Waals surface area contributed by atoms with Crippen LogP contribution in [0.1, 0.15) is 20.8 Å². The Kier molecular flexibility index (Phi) is 2.03. The molecule has 0 radical (unpaired) electrons. The Morgan fingerprint density at radius 2 is 1.77 bits per heavy atom. The standard InChI is InChI=1S/C8H10N2O3/c1-4-7(13)10-8(9-4,5(2)11)6(3)12/h1-3H3,(H,10,13). The number of carbonyl (C=O) groups is 3. The zero-order valence-electron chi connectivity index (χ0n) is 7.67. The highest BCUT2D eigenvalue weighted by Crippen LogP contribution is 2.16. The van der Waals surface area contributed by atoms with E-state index in [4.69, 9.17) is 0 Å². The van der Waals surface area contributed by atoms with Gasteiger partial charge >= 0.3 is 0 Å². The van der Waals surface area contributed by atoms with E-state index in [0.717, 1.165) is 0 Å². The second kappa shape index (κ2) is 2.76. The zero-order chi connectivity index (χ0) is 10.2. The molecule has 1 N–H and O–H groups in total. The molecule has 0 aliphatic carbocycles. The van der Waals surface area contributed by atoms with E-state index in [9.17, 15) is 14.4 Å². The first-order chi connectivity index (χ1) is 5.90. The van der Waals surface area contributed by atoms with E-state index in [-0.39, 0.29) is 5.71 Å². The first-order valence-electron chi connectivity index (χ1n) is 3.81. The fourth-order valence-electron chi connectivity index (χ4n) is 1.17. The monoisotopic (exact) mass is 182 g/mol. The van der Waals surface area contributed by atoms with Crippen LogP contribution in [0.5, 0.6) is 0 Å².